The standard InChI is InChI=1S/C11H23N/c1-7-9-12(10(3)4)11(5,6)8-2/h7,10H,1,8-9H2,2-6H3. The van der Waals surface area contributed by atoms with Gasteiger partial charge in [0.2, 0.25) is 0 Å². The number of hydrogen-bond donors (Lipinski definition) is 0. The summed E-state index contributed by atoms with van der Waals surface area (Å²) in [5.74, 6) is 0. The molecular weight excluding hydrogens is 146 g/mol. The Labute approximate surface area is 77.5 Å². The summed E-state index contributed by atoms with van der Waals surface area (Å²) in [7, 11) is 0. The fourth-order valence-corrected chi connectivity index (χ4v) is 1.50. The average Bonchev–Trinajstić information content (AvgIpc) is 1.99. The molecule has 0 aliphatic carbocycles. The van der Waals surface area contributed by atoms with E-state index >= 15 is 0 Å². The zero-order valence-corrected chi connectivity index (χ0v) is 9.22. The molecule has 0 saturated heterocycles. The van der Waals surface area contributed by atoms with E-state index in [-0.39, 0.29) is 0 Å². The Morgan fingerprint density at radius 3 is 2.17 bits per heavy atom. The van der Waals surface area contributed by atoms with E-state index in [9.17, 15) is 0 Å². The second-order valence-electron chi connectivity index (χ2n) is 4.20. The topological polar surface area (TPSA) is 3.24 Å². The van der Waals surface area contributed by atoms with Crippen LogP contribution in [-0.4, -0.2) is 23.0 Å². The molecule has 0 aliphatic rings. The van der Waals surface area contributed by atoms with E-state index in [1.165, 1.54) is 6.42 Å². The van der Waals surface area contributed by atoms with E-state index in [2.05, 4.69) is 46.1 Å². The molecule has 0 aliphatic heterocycles. The van der Waals surface area contributed by atoms with Crippen LogP contribution in [0.25, 0.3) is 0 Å². The van der Waals surface area contributed by atoms with Crippen LogP contribution in [0.5, 0.6) is 0 Å². The molecule has 0 aromatic carbocycles. The van der Waals surface area contributed by atoms with E-state index in [1.54, 1.807) is 0 Å². The second kappa shape index (κ2) is 4.66. The molecule has 1 nitrogen and oxygen atoms in total. The van der Waals surface area contributed by atoms with Crippen molar-refractivity contribution in [2.75, 3.05) is 6.54 Å². The molecule has 0 spiro atoms. The van der Waals surface area contributed by atoms with Crippen molar-refractivity contribution in [1.82, 2.24) is 4.90 Å². The van der Waals surface area contributed by atoms with Gasteiger partial charge >= 0.3 is 0 Å². The smallest absolute Gasteiger partial charge is 0.0168 e. The Morgan fingerprint density at radius 1 is 1.42 bits per heavy atom. The van der Waals surface area contributed by atoms with Crippen LogP contribution in [0.2, 0.25) is 0 Å². The minimum Gasteiger partial charge on any atom is -0.292 e. The predicted molar refractivity (Wildman–Crippen MR) is 56.4 cm³/mol. The van der Waals surface area contributed by atoms with E-state index in [1.807, 2.05) is 6.08 Å². The van der Waals surface area contributed by atoms with Crippen LogP contribution < -0.4 is 0 Å². The fraction of sp³-hybridized carbons (Fsp3) is 0.818. The van der Waals surface area contributed by atoms with Crippen molar-refractivity contribution in [1.29, 1.82) is 0 Å². The van der Waals surface area contributed by atoms with Crippen LogP contribution in [0.3, 0.4) is 0 Å². The molecule has 1 heteroatoms. The Morgan fingerprint density at radius 2 is 1.92 bits per heavy atom. The number of nitrogens with zero attached hydrogens (tertiary/aromatic N) is 1. The first-order valence-corrected chi connectivity index (χ1v) is 4.83. The minimum atomic E-state index is 0.294. The second-order valence-corrected chi connectivity index (χ2v) is 4.20. The first-order valence-electron chi connectivity index (χ1n) is 4.83. The minimum absolute atomic E-state index is 0.294. The third kappa shape index (κ3) is 2.98. The van der Waals surface area contributed by atoms with E-state index in [4.69, 9.17) is 0 Å². The van der Waals surface area contributed by atoms with Gasteiger partial charge < -0.3 is 0 Å². The maximum Gasteiger partial charge on any atom is 0.0168 e. The van der Waals surface area contributed by atoms with Crippen molar-refractivity contribution in [2.45, 2.75) is 52.6 Å². The first kappa shape index (κ1) is 11.7. The van der Waals surface area contributed by atoms with Gasteiger partial charge in [-0.25, -0.2) is 0 Å². The zero-order valence-electron chi connectivity index (χ0n) is 9.22. The van der Waals surface area contributed by atoms with Crippen LogP contribution in [0.1, 0.15) is 41.0 Å². The monoisotopic (exact) mass is 169 g/mol. The molecular formula is C11H23N. The molecule has 0 bridgehead atoms. The zero-order chi connectivity index (χ0) is 9.78. The summed E-state index contributed by atoms with van der Waals surface area (Å²) >= 11 is 0. The number of rotatable bonds is 5. The lowest BCUT2D eigenvalue weighted by Gasteiger charge is -2.40. The average molecular weight is 169 g/mol. The van der Waals surface area contributed by atoms with Gasteiger partial charge in [0.1, 0.15) is 0 Å². The van der Waals surface area contributed by atoms with Gasteiger partial charge in [-0.2, -0.15) is 0 Å². The Balaban J connectivity index is 4.37. The Kier molecular flexibility index (Phi) is 4.54. The third-order valence-corrected chi connectivity index (χ3v) is 2.59. The van der Waals surface area contributed by atoms with E-state index in [0.717, 1.165) is 6.54 Å². The van der Waals surface area contributed by atoms with Gasteiger partial charge in [0, 0.05) is 18.1 Å². The summed E-state index contributed by atoms with van der Waals surface area (Å²) in [6.45, 7) is 16.1. The van der Waals surface area contributed by atoms with Crippen LogP contribution in [0, 0.1) is 0 Å². The molecule has 0 amide bonds. The van der Waals surface area contributed by atoms with Gasteiger partial charge in [-0.05, 0) is 34.1 Å². The van der Waals surface area contributed by atoms with Crippen molar-refractivity contribution >= 4 is 0 Å². The van der Waals surface area contributed by atoms with E-state index in [0.29, 0.717) is 11.6 Å². The molecule has 0 saturated carbocycles. The van der Waals surface area contributed by atoms with Crippen molar-refractivity contribution in [3.63, 3.8) is 0 Å². The maximum atomic E-state index is 3.79. The lowest BCUT2D eigenvalue weighted by Crippen LogP contribution is -2.47. The van der Waals surface area contributed by atoms with Crippen LogP contribution in [-0.2, 0) is 0 Å². The van der Waals surface area contributed by atoms with Crippen molar-refractivity contribution in [2.24, 2.45) is 0 Å². The lowest BCUT2D eigenvalue weighted by molar-refractivity contribution is 0.0956. The van der Waals surface area contributed by atoms with Crippen LogP contribution in [0.4, 0.5) is 0 Å². The molecule has 0 aromatic rings. The predicted octanol–water partition coefficient (Wildman–Crippen LogP) is 3.07. The molecule has 0 aromatic heterocycles. The quantitative estimate of drug-likeness (QED) is 0.572. The summed E-state index contributed by atoms with van der Waals surface area (Å²) in [4.78, 5) is 2.47. The van der Waals surface area contributed by atoms with Gasteiger partial charge in [-0.1, -0.05) is 13.0 Å². The highest BCUT2D eigenvalue weighted by molar-refractivity contribution is 4.87. The molecule has 0 unspecified atom stereocenters. The van der Waals surface area contributed by atoms with Gasteiger partial charge in [0.05, 0.1) is 0 Å². The highest BCUT2D eigenvalue weighted by Crippen LogP contribution is 2.20. The van der Waals surface area contributed by atoms with E-state index < -0.39 is 0 Å². The largest absolute Gasteiger partial charge is 0.292 e. The molecule has 0 heterocycles. The van der Waals surface area contributed by atoms with Gasteiger partial charge in [-0.15, -0.1) is 6.58 Å². The fourth-order valence-electron chi connectivity index (χ4n) is 1.50. The molecule has 72 valence electrons. The normalized spacial score (nSPS) is 12.6. The highest BCUT2D eigenvalue weighted by atomic mass is 15.2. The molecule has 0 fully saturated rings. The molecule has 12 heavy (non-hydrogen) atoms. The summed E-state index contributed by atoms with van der Waals surface area (Å²) in [5.41, 5.74) is 0.294. The third-order valence-electron chi connectivity index (χ3n) is 2.59. The SMILES string of the molecule is C=CCN(C(C)C)C(C)(C)CC. The molecule has 0 atom stereocenters. The first-order chi connectivity index (χ1) is 5.45. The summed E-state index contributed by atoms with van der Waals surface area (Å²) in [6, 6.07) is 0.595. The van der Waals surface area contributed by atoms with Crippen molar-refractivity contribution in [3.8, 4) is 0 Å². The summed E-state index contributed by atoms with van der Waals surface area (Å²) in [5, 5.41) is 0. The summed E-state index contributed by atoms with van der Waals surface area (Å²) in [6.07, 6.45) is 3.16. The van der Waals surface area contributed by atoms with Crippen LogP contribution in [0.15, 0.2) is 12.7 Å². The number of hydrogen-bond acceptors (Lipinski definition) is 1. The highest BCUT2D eigenvalue weighted by Gasteiger charge is 2.25. The Bertz CT molecular complexity index is 136. The van der Waals surface area contributed by atoms with Crippen LogP contribution >= 0.6 is 0 Å². The van der Waals surface area contributed by atoms with Gasteiger partial charge in [-0.3, -0.25) is 4.90 Å². The Hall–Kier alpha value is -0.300. The lowest BCUT2D eigenvalue weighted by atomic mass is 9.97. The molecule has 0 rings (SSSR count). The van der Waals surface area contributed by atoms with Gasteiger partial charge in [0.15, 0.2) is 0 Å². The van der Waals surface area contributed by atoms with Crippen molar-refractivity contribution in [3.05, 3.63) is 12.7 Å². The maximum absolute atomic E-state index is 3.79. The molecule has 0 N–H and O–H groups in total. The molecule has 0 radical (unpaired) electrons. The van der Waals surface area contributed by atoms with Gasteiger partial charge in [0.25, 0.3) is 0 Å². The van der Waals surface area contributed by atoms with Crippen molar-refractivity contribution < 1.29 is 0 Å². The summed E-state index contributed by atoms with van der Waals surface area (Å²) < 4.78 is 0.